The van der Waals surface area contributed by atoms with Crippen LogP contribution >= 0.6 is 0 Å². The summed E-state index contributed by atoms with van der Waals surface area (Å²) in [5, 5.41) is 0. The SMILES string of the molecule is CC/C=C/[CH2][Sn]([CH2]CCC)([CH2]CCC)[CH2]CCC. The van der Waals surface area contributed by atoms with Gasteiger partial charge in [-0.15, -0.1) is 0 Å². The van der Waals surface area contributed by atoms with E-state index in [9.17, 15) is 0 Å². The van der Waals surface area contributed by atoms with Crippen LogP contribution in [0.3, 0.4) is 0 Å². The quantitative estimate of drug-likeness (QED) is 0.265. The van der Waals surface area contributed by atoms with E-state index in [0.717, 1.165) is 0 Å². The molecule has 0 amide bonds. The van der Waals surface area contributed by atoms with Gasteiger partial charge in [0.2, 0.25) is 0 Å². The van der Waals surface area contributed by atoms with Crippen LogP contribution in [-0.4, -0.2) is 18.4 Å². The number of hydrogen-bond acceptors (Lipinski definition) is 0. The molecule has 0 saturated heterocycles. The molecule has 0 aromatic rings. The van der Waals surface area contributed by atoms with E-state index in [1.54, 1.807) is 13.3 Å². The molecule has 0 aromatic heterocycles. The second-order valence-electron chi connectivity index (χ2n) is 5.89. The summed E-state index contributed by atoms with van der Waals surface area (Å²) in [5.41, 5.74) is 0. The topological polar surface area (TPSA) is 0 Å². The zero-order chi connectivity index (χ0) is 13.7. The van der Waals surface area contributed by atoms with Gasteiger partial charge in [0.25, 0.3) is 0 Å². The maximum atomic E-state index is 2.55. The van der Waals surface area contributed by atoms with Gasteiger partial charge >= 0.3 is 121 Å². The molecule has 0 N–H and O–H groups in total. The van der Waals surface area contributed by atoms with Crippen LogP contribution in [0.1, 0.15) is 72.6 Å². The van der Waals surface area contributed by atoms with Gasteiger partial charge in [0.05, 0.1) is 0 Å². The summed E-state index contributed by atoms with van der Waals surface area (Å²) in [4.78, 5) is 0. The average molecular weight is 359 g/mol. The molecule has 1 heteroatoms. The van der Waals surface area contributed by atoms with Gasteiger partial charge in [-0.3, -0.25) is 0 Å². The summed E-state index contributed by atoms with van der Waals surface area (Å²) in [6, 6.07) is 0. The van der Waals surface area contributed by atoms with Crippen molar-refractivity contribution in [2.75, 3.05) is 0 Å². The molecule has 108 valence electrons. The number of unbranched alkanes of at least 4 members (excludes halogenated alkanes) is 3. The number of hydrogen-bond donors (Lipinski definition) is 0. The molecule has 0 unspecified atom stereocenters. The van der Waals surface area contributed by atoms with E-state index < -0.39 is 18.4 Å². The van der Waals surface area contributed by atoms with Crippen molar-refractivity contribution in [1.29, 1.82) is 0 Å². The predicted octanol–water partition coefficient (Wildman–Crippen LogP) is 6.80. The minimum atomic E-state index is -1.80. The molecule has 0 atom stereocenters. The molecule has 18 heavy (non-hydrogen) atoms. The van der Waals surface area contributed by atoms with Crippen molar-refractivity contribution < 1.29 is 0 Å². The molecule has 0 saturated carbocycles. The van der Waals surface area contributed by atoms with Crippen molar-refractivity contribution in [3.8, 4) is 0 Å². The molecule has 0 spiro atoms. The van der Waals surface area contributed by atoms with E-state index in [2.05, 4.69) is 39.8 Å². The molecule has 0 heterocycles. The molecule has 0 aliphatic carbocycles. The zero-order valence-corrected chi connectivity index (χ0v) is 16.3. The predicted molar refractivity (Wildman–Crippen MR) is 89.1 cm³/mol. The Hall–Kier alpha value is 0.539. The van der Waals surface area contributed by atoms with Crippen molar-refractivity contribution >= 4 is 18.4 Å². The zero-order valence-electron chi connectivity index (χ0n) is 13.4. The van der Waals surface area contributed by atoms with E-state index in [-0.39, 0.29) is 0 Å². The summed E-state index contributed by atoms with van der Waals surface area (Å²) in [7, 11) is 0. The molecule has 0 radical (unpaired) electrons. The molecule has 0 aliphatic heterocycles. The van der Waals surface area contributed by atoms with Crippen LogP contribution in [0.5, 0.6) is 0 Å². The number of allylic oxidation sites excluding steroid dienone is 2. The van der Waals surface area contributed by atoms with E-state index >= 15 is 0 Å². The fourth-order valence-electron chi connectivity index (χ4n) is 2.84. The van der Waals surface area contributed by atoms with Crippen LogP contribution in [-0.2, 0) is 0 Å². The molecule has 0 fully saturated rings. The summed E-state index contributed by atoms with van der Waals surface area (Å²) < 4.78 is 6.49. The van der Waals surface area contributed by atoms with Crippen molar-refractivity contribution in [3.05, 3.63) is 12.2 Å². The fourth-order valence-corrected chi connectivity index (χ4v) is 18.1. The summed E-state index contributed by atoms with van der Waals surface area (Å²) >= 11 is -1.80. The van der Waals surface area contributed by atoms with Gasteiger partial charge in [-0.2, -0.15) is 0 Å². The van der Waals surface area contributed by atoms with Crippen molar-refractivity contribution in [1.82, 2.24) is 0 Å². The van der Waals surface area contributed by atoms with Gasteiger partial charge in [0.1, 0.15) is 0 Å². The van der Waals surface area contributed by atoms with Gasteiger partial charge < -0.3 is 0 Å². The molecule has 0 aliphatic rings. The minimum absolute atomic E-state index is 1.22. The molecule has 0 nitrogen and oxygen atoms in total. The summed E-state index contributed by atoms with van der Waals surface area (Å²) in [6.45, 7) is 9.34. The molecule has 0 bridgehead atoms. The van der Waals surface area contributed by atoms with Crippen LogP contribution in [0.15, 0.2) is 12.2 Å². The van der Waals surface area contributed by atoms with E-state index in [1.165, 1.54) is 49.4 Å². The Labute approximate surface area is 121 Å². The van der Waals surface area contributed by atoms with Crippen molar-refractivity contribution in [2.24, 2.45) is 0 Å². The second-order valence-corrected chi connectivity index (χ2v) is 19.9. The normalized spacial score (nSPS) is 12.4. The van der Waals surface area contributed by atoms with Crippen LogP contribution in [0.25, 0.3) is 0 Å². The van der Waals surface area contributed by atoms with E-state index in [4.69, 9.17) is 0 Å². The van der Waals surface area contributed by atoms with Gasteiger partial charge in [-0.05, 0) is 0 Å². The Bertz CT molecular complexity index is 174. The molecule has 0 rings (SSSR count). The van der Waals surface area contributed by atoms with Crippen LogP contribution in [0, 0.1) is 0 Å². The van der Waals surface area contributed by atoms with Crippen LogP contribution in [0.2, 0.25) is 17.7 Å². The maximum absolute atomic E-state index is 2.55. The third kappa shape index (κ3) is 8.61. The van der Waals surface area contributed by atoms with Crippen LogP contribution < -0.4 is 0 Å². The fraction of sp³-hybridized carbons (Fsp3) is 0.882. The first-order chi connectivity index (χ1) is 8.74. The molecule has 0 aromatic carbocycles. The molecular weight excluding hydrogens is 323 g/mol. The Kier molecular flexibility index (Phi) is 12.9. The Morgan fingerprint density at radius 3 is 1.44 bits per heavy atom. The third-order valence-corrected chi connectivity index (χ3v) is 19.4. The average Bonchev–Trinajstić information content (AvgIpc) is 2.40. The number of rotatable bonds is 12. The van der Waals surface area contributed by atoms with Crippen LogP contribution in [0.4, 0.5) is 0 Å². The van der Waals surface area contributed by atoms with E-state index in [0.29, 0.717) is 0 Å². The van der Waals surface area contributed by atoms with Gasteiger partial charge in [0.15, 0.2) is 0 Å². The van der Waals surface area contributed by atoms with Gasteiger partial charge in [-0.1, -0.05) is 0 Å². The van der Waals surface area contributed by atoms with Crippen molar-refractivity contribution in [3.63, 3.8) is 0 Å². The van der Waals surface area contributed by atoms with E-state index in [1.807, 2.05) is 0 Å². The Balaban J connectivity index is 4.56. The second kappa shape index (κ2) is 12.6. The summed E-state index contributed by atoms with van der Waals surface area (Å²) in [6.07, 6.45) is 14.9. The molecular formula is C17H36Sn. The van der Waals surface area contributed by atoms with Gasteiger partial charge in [0, 0.05) is 0 Å². The monoisotopic (exact) mass is 360 g/mol. The third-order valence-electron chi connectivity index (χ3n) is 4.14. The Morgan fingerprint density at radius 1 is 0.667 bits per heavy atom. The first-order valence-electron chi connectivity index (χ1n) is 8.39. The first kappa shape index (κ1) is 18.5. The summed E-state index contributed by atoms with van der Waals surface area (Å²) in [5.74, 6) is 0. The first-order valence-corrected chi connectivity index (χ1v) is 16.5. The Morgan fingerprint density at radius 2 is 1.11 bits per heavy atom. The van der Waals surface area contributed by atoms with Gasteiger partial charge in [-0.25, -0.2) is 0 Å². The standard InChI is InChI=1S/C5H9.3C4H9.Sn/c1-3-5-4-2;3*1-3-4-2;/h3,5H,1,4H2,2H3;3*1,3-4H2,2H3;/b5-3+;;;;. The van der Waals surface area contributed by atoms with Crippen molar-refractivity contribution in [2.45, 2.75) is 90.4 Å².